The molecule has 20 heavy (non-hydrogen) atoms. The number of nitrogens with zero attached hydrogens (tertiary/aromatic N) is 2. The minimum absolute atomic E-state index is 0.130. The van der Waals surface area contributed by atoms with Gasteiger partial charge in [-0.3, -0.25) is 0 Å². The monoisotopic (exact) mass is 361 g/mol. The van der Waals surface area contributed by atoms with E-state index in [4.69, 9.17) is 4.74 Å². The number of hydrogen-bond acceptors (Lipinski definition) is 5. The van der Waals surface area contributed by atoms with Gasteiger partial charge < -0.3 is 10.1 Å². The van der Waals surface area contributed by atoms with E-state index in [0.29, 0.717) is 15.4 Å². The van der Waals surface area contributed by atoms with E-state index in [2.05, 4.69) is 31.2 Å². The summed E-state index contributed by atoms with van der Waals surface area (Å²) in [6.07, 6.45) is 1.80. The van der Waals surface area contributed by atoms with Crippen LogP contribution in [0.25, 0.3) is 0 Å². The molecule has 0 aliphatic rings. The molecule has 106 valence electrons. The molecule has 0 aliphatic carbocycles. The van der Waals surface area contributed by atoms with Gasteiger partial charge in [-0.25, -0.2) is 9.37 Å². The number of hydrogen-bond donors (Lipinski definition) is 1. The lowest BCUT2D eigenvalue weighted by Gasteiger charge is -2.09. The van der Waals surface area contributed by atoms with Gasteiger partial charge in [0.05, 0.1) is 0 Å². The molecular formula is C12H10BrF2N3OS. The summed E-state index contributed by atoms with van der Waals surface area (Å²) >= 11 is 4.40. The highest BCUT2D eigenvalue weighted by molar-refractivity contribution is 9.10. The van der Waals surface area contributed by atoms with E-state index in [-0.39, 0.29) is 11.6 Å². The molecule has 8 heteroatoms. The molecule has 0 saturated heterocycles. The van der Waals surface area contributed by atoms with Crippen molar-refractivity contribution < 1.29 is 13.5 Å². The van der Waals surface area contributed by atoms with Crippen LogP contribution in [0.4, 0.5) is 14.6 Å². The van der Waals surface area contributed by atoms with Crippen molar-refractivity contribution in [2.45, 2.75) is 5.16 Å². The highest BCUT2D eigenvalue weighted by Crippen LogP contribution is 2.30. The van der Waals surface area contributed by atoms with Gasteiger partial charge >= 0.3 is 0 Å². The van der Waals surface area contributed by atoms with Crippen LogP contribution in [0, 0.1) is 11.6 Å². The predicted molar refractivity (Wildman–Crippen MR) is 77.5 cm³/mol. The summed E-state index contributed by atoms with van der Waals surface area (Å²) in [5.74, 6) is -1.66. The van der Waals surface area contributed by atoms with Crippen molar-refractivity contribution >= 4 is 33.5 Å². The van der Waals surface area contributed by atoms with Gasteiger partial charge in [0.25, 0.3) is 0 Å². The Hall–Kier alpha value is -1.41. The van der Waals surface area contributed by atoms with Crippen LogP contribution in [0.15, 0.2) is 27.8 Å². The molecule has 2 rings (SSSR count). The van der Waals surface area contributed by atoms with Crippen molar-refractivity contribution in [1.82, 2.24) is 9.97 Å². The maximum Gasteiger partial charge on any atom is 0.225 e. The zero-order valence-corrected chi connectivity index (χ0v) is 13.0. The van der Waals surface area contributed by atoms with Crippen LogP contribution in [0.1, 0.15) is 0 Å². The second kappa shape index (κ2) is 6.36. The normalized spacial score (nSPS) is 10.4. The minimum atomic E-state index is -1.07. The molecule has 0 amide bonds. The Morgan fingerprint density at radius 3 is 2.65 bits per heavy atom. The molecule has 1 aromatic carbocycles. The molecule has 1 N–H and O–H groups in total. The van der Waals surface area contributed by atoms with Crippen molar-refractivity contribution in [2.75, 3.05) is 18.6 Å². The lowest BCUT2D eigenvalue weighted by Crippen LogP contribution is -1.99. The largest absolute Gasteiger partial charge is 0.436 e. The smallest absolute Gasteiger partial charge is 0.225 e. The third-order valence-electron chi connectivity index (χ3n) is 2.29. The zero-order valence-electron chi connectivity index (χ0n) is 10.6. The summed E-state index contributed by atoms with van der Waals surface area (Å²) in [4.78, 5) is 8.23. The van der Waals surface area contributed by atoms with Crippen molar-refractivity contribution in [3.05, 3.63) is 34.3 Å². The van der Waals surface area contributed by atoms with Crippen LogP contribution in [-0.2, 0) is 0 Å². The summed E-state index contributed by atoms with van der Waals surface area (Å²) in [6, 6.07) is 3.85. The van der Waals surface area contributed by atoms with Crippen LogP contribution in [0.5, 0.6) is 11.6 Å². The third-order valence-corrected chi connectivity index (χ3v) is 3.30. The summed E-state index contributed by atoms with van der Waals surface area (Å²) in [5, 5.41) is 3.30. The van der Waals surface area contributed by atoms with Crippen molar-refractivity contribution in [2.24, 2.45) is 0 Å². The summed E-state index contributed by atoms with van der Waals surface area (Å²) in [7, 11) is 1.69. The fourth-order valence-corrected chi connectivity index (χ4v) is 2.17. The fraction of sp³-hybridized carbons (Fsp3) is 0.167. The molecule has 0 atom stereocenters. The van der Waals surface area contributed by atoms with Gasteiger partial charge in [-0.1, -0.05) is 27.7 Å². The molecule has 0 unspecified atom stereocenters. The van der Waals surface area contributed by atoms with Gasteiger partial charge in [0, 0.05) is 17.6 Å². The molecule has 0 radical (unpaired) electrons. The first-order chi connectivity index (χ1) is 9.53. The zero-order chi connectivity index (χ0) is 14.7. The van der Waals surface area contributed by atoms with Crippen LogP contribution in [0.2, 0.25) is 0 Å². The fourth-order valence-electron chi connectivity index (χ4n) is 1.39. The van der Waals surface area contributed by atoms with Gasteiger partial charge in [0.1, 0.15) is 5.82 Å². The van der Waals surface area contributed by atoms with Crippen LogP contribution in [0.3, 0.4) is 0 Å². The van der Waals surface area contributed by atoms with Crippen molar-refractivity contribution in [1.29, 1.82) is 0 Å². The summed E-state index contributed by atoms with van der Waals surface area (Å²) in [5.41, 5.74) is 0. The third kappa shape index (κ3) is 3.37. The molecule has 0 aliphatic heterocycles. The Balaban J connectivity index is 2.39. The minimum Gasteiger partial charge on any atom is -0.436 e. The standard InChI is InChI=1S/C12H10BrF2N3OS/c1-16-9-5-10(18-12(17-9)20-2)19-8-4-6(13)3-7(14)11(8)15/h3-5H,1-2H3,(H,16,17,18). The van der Waals surface area contributed by atoms with Crippen LogP contribution in [-0.4, -0.2) is 23.3 Å². The first kappa shape index (κ1) is 15.0. The van der Waals surface area contributed by atoms with Gasteiger partial charge in [0.2, 0.25) is 11.7 Å². The second-order valence-electron chi connectivity index (χ2n) is 3.63. The van der Waals surface area contributed by atoms with Gasteiger partial charge in [-0.2, -0.15) is 9.37 Å². The number of halogens is 3. The highest BCUT2D eigenvalue weighted by atomic mass is 79.9. The van der Waals surface area contributed by atoms with Crippen molar-refractivity contribution in [3.8, 4) is 11.6 Å². The van der Waals surface area contributed by atoms with Gasteiger partial charge in [-0.15, -0.1) is 0 Å². The molecule has 2 aromatic rings. The maximum atomic E-state index is 13.6. The number of nitrogens with one attached hydrogen (secondary N) is 1. The van der Waals surface area contributed by atoms with E-state index >= 15 is 0 Å². The number of aromatic nitrogens is 2. The predicted octanol–water partition coefficient (Wildman–Crippen LogP) is 4.07. The van der Waals surface area contributed by atoms with E-state index in [1.807, 2.05) is 0 Å². The average molecular weight is 362 g/mol. The number of benzene rings is 1. The Morgan fingerprint density at radius 1 is 1.25 bits per heavy atom. The Labute approximate surface area is 127 Å². The topological polar surface area (TPSA) is 47.0 Å². The molecule has 0 bridgehead atoms. The highest BCUT2D eigenvalue weighted by Gasteiger charge is 2.14. The maximum absolute atomic E-state index is 13.6. The second-order valence-corrected chi connectivity index (χ2v) is 5.32. The molecule has 4 nitrogen and oxygen atoms in total. The Morgan fingerprint density at radius 2 is 2.00 bits per heavy atom. The molecule has 0 spiro atoms. The lowest BCUT2D eigenvalue weighted by molar-refractivity contribution is 0.401. The molecular weight excluding hydrogens is 352 g/mol. The Bertz CT molecular complexity index is 620. The van der Waals surface area contributed by atoms with Gasteiger partial charge in [-0.05, 0) is 18.4 Å². The van der Waals surface area contributed by atoms with E-state index in [1.165, 1.54) is 23.9 Å². The van der Waals surface area contributed by atoms with E-state index in [1.54, 1.807) is 13.3 Å². The summed E-state index contributed by atoms with van der Waals surface area (Å²) in [6.45, 7) is 0. The van der Waals surface area contributed by atoms with Crippen molar-refractivity contribution in [3.63, 3.8) is 0 Å². The Kier molecular flexibility index (Phi) is 4.77. The van der Waals surface area contributed by atoms with Crippen LogP contribution >= 0.6 is 27.7 Å². The number of thioether (sulfide) groups is 1. The molecule has 0 fully saturated rings. The first-order valence-corrected chi connectivity index (χ1v) is 7.48. The summed E-state index contributed by atoms with van der Waals surface area (Å²) < 4.78 is 32.6. The first-order valence-electron chi connectivity index (χ1n) is 5.46. The number of ether oxygens (including phenoxy) is 1. The SMILES string of the molecule is CNc1cc(Oc2cc(Br)cc(F)c2F)nc(SC)n1. The van der Waals surface area contributed by atoms with Crippen LogP contribution < -0.4 is 10.1 Å². The molecule has 1 aromatic heterocycles. The van der Waals surface area contributed by atoms with E-state index < -0.39 is 11.6 Å². The number of rotatable bonds is 4. The van der Waals surface area contributed by atoms with Gasteiger partial charge in [0.15, 0.2) is 16.7 Å². The molecule has 1 heterocycles. The number of anilines is 1. The quantitative estimate of drug-likeness (QED) is 0.505. The molecule has 0 saturated carbocycles. The van der Waals surface area contributed by atoms with E-state index in [0.717, 1.165) is 6.07 Å². The average Bonchev–Trinajstić information content (AvgIpc) is 2.43. The van der Waals surface area contributed by atoms with E-state index in [9.17, 15) is 8.78 Å². The lowest BCUT2D eigenvalue weighted by atomic mass is 10.3.